The zero-order chi connectivity index (χ0) is 14.2. The zero-order valence-corrected chi connectivity index (χ0v) is 11.5. The highest BCUT2D eigenvalue weighted by molar-refractivity contribution is 5.92. The molecular weight excluding hydrogens is 258 g/mol. The van der Waals surface area contributed by atoms with E-state index in [1.165, 1.54) is 12.8 Å². The molecule has 0 spiro atoms. The van der Waals surface area contributed by atoms with Gasteiger partial charge in [-0.15, -0.1) is 0 Å². The van der Waals surface area contributed by atoms with E-state index in [0.717, 1.165) is 5.69 Å². The zero-order valence-electron chi connectivity index (χ0n) is 11.5. The monoisotopic (exact) mass is 279 g/mol. The van der Waals surface area contributed by atoms with Crippen molar-refractivity contribution in [3.8, 4) is 0 Å². The molecule has 6 nitrogen and oxygen atoms in total. The lowest BCUT2D eigenvalue weighted by Crippen LogP contribution is -2.36. The van der Waals surface area contributed by atoms with Crippen LogP contribution in [0, 0.1) is 0 Å². The topological polar surface area (TPSA) is 89.5 Å². The van der Waals surface area contributed by atoms with Crippen LogP contribution in [0.5, 0.6) is 0 Å². The second-order valence-corrected chi connectivity index (χ2v) is 6.01. The Labute approximate surface area is 117 Å². The molecule has 20 heavy (non-hydrogen) atoms. The van der Waals surface area contributed by atoms with Crippen molar-refractivity contribution in [3.63, 3.8) is 0 Å². The van der Waals surface area contributed by atoms with Crippen molar-refractivity contribution < 1.29 is 15.0 Å². The van der Waals surface area contributed by atoms with Crippen LogP contribution in [-0.2, 0) is 0 Å². The van der Waals surface area contributed by atoms with Gasteiger partial charge in [0, 0.05) is 24.7 Å². The number of aliphatic hydroxyl groups excluding tert-OH is 1. The van der Waals surface area contributed by atoms with Crippen LogP contribution >= 0.6 is 0 Å². The Hall–Kier alpha value is -1.40. The van der Waals surface area contributed by atoms with Gasteiger partial charge in [-0.25, -0.2) is 0 Å². The van der Waals surface area contributed by atoms with Gasteiger partial charge in [-0.3, -0.25) is 9.89 Å². The van der Waals surface area contributed by atoms with Crippen LogP contribution in [0.2, 0.25) is 0 Å². The van der Waals surface area contributed by atoms with Crippen molar-refractivity contribution >= 4 is 5.91 Å². The number of hydrogen-bond acceptors (Lipinski definition) is 4. The van der Waals surface area contributed by atoms with E-state index in [1.54, 1.807) is 4.90 Å². The average molecular weight is 279 g/mol. The second kappa shape index (κ2) is 5.18. The van der Waals surface area contributed by atoms with Crippen LogP contribution in [0.3, 0.4) is 0 Å². The standard InChI is InChI=1S/C14H21N3O3/c18-9-14(20)4-1-6-17(7-5-14)13(19)12-8-11(15-16-12)10-2-3-10/h8,10,18,20H,1-7,9H2,(H,15,16)/t14-/m0/s1. The molecule has 110 valence electrons. The van der Waals surface area contributed by atoms with Crippen LogP contribution in [0.1, 0.15) is 54.2 Å². The van der Waals surface area contributed by atoms with Crippen molar-refractivity contribution in [2.45, 2.75) is 43.6 Å². The molecule has 3 N–H and O–H groups in total. The van der Waals surface area contributed by atoms with E-state index in [1.807, 2.05) is 6.07 Å². The molecule has 2 aliphatic rings. The molecule has 1 aliphatic carbocycles. The summed E-state index contributed by atoms with van der Waals surface area (Å²) in [6.07, 6.45) is 3.98. The van der Waals surface area contributed by atoms with E-state index in [0.29, 0.717) is 44.0 Å². The fraction of sp³-hybridized carbons (Fsp3) is 0.714. The molecule has 2 fully saturated rings. The summed E-state index contributed by atoms with van der Waals surface area (Å²) in [5.41, 5.74) is 0.469. The summed E-state index contributed by atoms with van der Waals surface area (Å²) in [4.78, 5) is 14.1. The highest BCUT2D eigenvalue weighted by Crippen LogP contribution is 2.39. The summed E-state index contributed by atoms with van der Waals surface area (Å²) in [7, 11) is 0. The Morgan fingerprint density at radius 1 is 1.45 bits per heavy atom. The van der Waals surface area contributed by atoms with Gasteiger partial charge < -0.3 is 15.1 Å². The lowest BCUT2D eigenvalue weighted by atomic mass is 9.96. The largest absolute Gasteiger partial charge is 0.393 e. The third-order valence-corrected chi connectivity index (χ3v) is 4.33. The maximum Gasteiger partial charge on any atom is 0.274 e. The van der Waals surface area contributed by atoms with E-state index in [2.05, 4.69) is 10.2 Å². The van der Waals surface area contributed by atoms with Gasteiger partial charge >= 0.3 is 0 Å². The predicted molar refractivity (Wildman–Crippen MR) is 72.4 cm³/mol. The summed E-state index contributed by atoms with van der Waals surface area (Å²) in [5, 5.41) is 26.4. The number of carbonyl (C=O) groups excluding carboxylic acids is 1. The number of nitrogens with zero attached hydrogens (tertiary/aromatic N) is 2. The summed E-state index contributed by atoms with van der Waals surface area (Å²) >= 11 is 0. The van der Waals surface area contributed by atoms with Gasteiger partial charge in [0.2, 0.25) is 0 Å². The minimum atomic E-state index is -1.04. The highest BCUT2D eigenvalue weighted by Gasteiger charge is 2.32. The maximum atomic E-state index is 12.4. The number of likely N-dealkylation sites (tertiary alicyclic amines) is 1. The van der Waals surface area contributed by atoms with Crippen LogP contribution in [0.25, 0.3) is 0 Å². The number of aromatic amines is 1. The summed E-state index contributed by atoms with van der Waals surface area (Å²) in [6.45, 7) is 0.817. The Morgan fingerprint density at radius 3 is 2.95 bits per heavy atom. The van der Waals surface area contributed by atoms with Crippen LogP contribution in [0.4, 0.5) is 0 Å². The van der Waals surface area contributed by atoms with Crippen molar-refractivity contribution in [1.82, 2.24) is 15.1 Å². The van der Waals surface area contributed by atoms with Crippen molar-refractivity contribution in [1.29, 1.82) is 0 Å². The molecule has 1 aliphatic heterocycles. The molecule has 1 saturated carbocycles. The summed E-state index contributed by atoms with van der Waals surface area (Å²) in [6, 6.07) is 1.85. The molecule has 1 aromatic rings. The summed E-state index contributed by atoms with van der Waals surface area (Å²) in [5.74, 6) is 0.461. The molecule has 0 radical (unpaired) electrons. The van der Waals surface area contributed by atoms with Gasteiger partial charge in [-0.2, -0.15) is 5.10 Å². The number of rotatable bonds is 3. The molecule has 0 bridgehead atoms. The predicted octanol–water partition coefficient (Wildman–Crippen LogP) is 0.637. The Morgan fingerprint density at radius 2 is 2.25 bits per heavy atom. The molecule has 1 aromatic heterocycles. The van der Waals surface area contributed by atoms with E-state index in [4.69, 9.17) is 0 Å². The van der Waals surface area contributed by atoms with Crippen LogP contribution in [-0.4, -0.2) is 56.5 Å². The van der Waals surface area contributed by atoms with Gasteiger partial charge in [0.1, 0.15) is 5.69 Å². The van der Waals surface area contributed by atoms with Gasteiger partial charge in [0.05, 0.1) is 12.2 Å². The third-order valence-electron chi connectivity index (χ3n) is 4.33. The Kier molecular flexibility index (Phi) is 3.52. The van der Waals surface area contributed by atoms with Crippen LogP contribution in [0.15, 0.2) is 6.07 Å². The molecule has 3 rings (SSSR count). The quantitative estimate of drug-likeness (QED) is 0.757. The first-order valence-corrected chi connectivity index (χ1v) is 7.29. The fourth-order valence-corrected chi connectivity index (χ4v) is 2.75. The lowest BCUT2D eigenvalue weighted by molar-refractivity contribution is -0.0250. The van der Waals surface area contributed by atoms with E-state index >= 15 is 0 Å². The van der Waals surface area contributed by atoms with Crippen LogP contribution < -0.4 is 0 Å². The SMILES string of the molecule is O=C(c1cc(C2CC2)[nH]n1)N1CCC[C@@](O)(CO)CC1. The number of aromatic nitrogens is 2. The molecule has 1 atom stereocenters. The normalized spacial score (nSPS) is 27.4. The number of amides is 1. The Bertz CT molecular complexity index is 498. The number of hydrogen-bond donors (Lipinski definition) is 3. The van der Waals surface area contributed by atoms with Gasteiger partial charge in [-0.1, -0.05) is 0 Å². The minimum Gasteiger partial charge on any atom is -0.393 e. The average Bonchev–Trinajstić information content (AvgIpc) is 3.22. The molecular formula is C14H21N3O3. The third kappa shape index (κ3) is 2.71. The van der Waals surface area contributed by atoms with Gasteiger partial charge in [0.25, 0.3) is 5.91 Å². The highest BCUT2D eigenvalue weighted by atomic mass is 16.3. The second-order valence-electron chi connectivity index (χ2n) is 6.01. The number of H-pyrrole nitrogens is 1. The molecule has 6 heteroatoms. The number of aliphatic hydroxyl groups is 2. The first kappa shape index (κ1) is 13.6. The molecule has 1 saturated heterocycles. The molecule has 1 amide bonds. The first-order valence-electron chi connectivity index (χ1n) is 7.29. The molecule has 0 unspecified atom stereocenters. The van der Waals surface area contributed by atoms with E-state index < -0.39 is 5.60 Å². The maximum absolute atomic E-state index is 12.4. The smallest absolute Gasteiger partial charge is 0.274 e. The fourth-order valence-electron chi connectivity index (χ4n) is 2.75. The summed E-state index contributed by atoms with van der Waals surface area (Å²) < 4.78 is 0. The number of carbonyl (C=O) groups is 1. The Balaban J connectivity index is 1.66. The van der Waals surface area contributed by atoms with Gasteiger partial charge in [-0.05, 0) is 38.2 Å². The van der Waals surface area contributed by atoms with Crippen molar-refractivity contribution in [2.75, 3.05) is 19.7 Å². The lowest BCUT2D eigenvalue weighted by Gasteiger charge is -2.24. The molecule has 0 aromatic carbocycles. The van der Waals surface area contributed by atoms with E-state index in [-0.39, 0.29) is 12.5 Å². The van der Waals surface area contributed by atoms with Crippen molar-refractivity contribution in [3.05, 3.63) is 17.5 Å². The van der Waals surface area contributed by atoms with E-state index in [9.17, 15) is 15.0 Å². The van der Waals surface area contributed by atoms with Gasteiger partial charge in [0.15, 0.2) is 0 Å². The minimum absolute atomic E-state index is 0.0876. The molecule has 2 heterocycles. The first-order chi connectivity index (χ1) is 9.61. The number of nitrogens with one attached hydrogen (secondary N) is 1. The van der Waals surface area contributed by atoms with Crippen molar-refractivity contribution in [2.24, 2.45) is 0 Å².